The van der Waals surface area contributed by atoms with E-state index in [4.69, 9.17) is 4.74 Å². The maximum Gasteiger partial charge on any atom is 0.256 e. The molecule has 0 atom stereocenters. The lowest BCUT2D eigenvalue weighted by atomic mass is 9.98. The number of aromatic amines is 1. The van der Waals surface area contributed by atoms with Crippen LogP contribution < -0.4 is 15.6 Å². The van der Waals surface area contributed by atoms with Crippen LogP contribution in [0.2, 0.25) is 0 Å². The second kappa shape index (κ2) is 11.7. The average molecular weight is 549 g/mol. The van der Waals surface area contributed by atoms with E-state index in [0.29, 0.717) is 28.5 Å². The third-order valence-corrected chi connectivity index (χ3v) is 8.50. The lowest BCUT2D eigenvalue weighted by Gasteiger charge is -2.31. The van der Waals surface area contributed by atoms with Gasteiger partial charge in [-0.2, -0.15) is 0 Å². The molecule has 39 heavy (non-hydrogen) atoms. The molecule has 3 heterocycles. The van der Waals surface area contributed by atoms with E-state index >= 15 is 0 Å². The van der Waals surface area contributed by atoms with Crippen molar-refractivity contribution in [2.24, 2.45) is 5.92 Å². The summed E-state index contributed by atoms with van der Waals surface area (Å²) in [6.07, 6.45) is 2.08. The molecular weight excluding hydrogens is 515 g/mol. The monoisotopic (exact) mass is 548 g/mol. The van der Waals surface area contributed by atoms with Gasteiger partial charge in [0.15, 0.2) is 0 Å². The van der Waals surface area contributed by atoms with Gasteiger partial charge in [-0.05, 0) is 81.0 Å². The standard InChI is InChI=1S/C30H33FN4O3S/c1-19-16-27(38-3)25(29(36)33-19)17-32-30(37)28-20(2)35(26-7-5-4-6-24(26)28)18-21-12-14-34(15-13-21)39-23-10-8-22(31)9-11-23/h4-11,16,21H,12-15,17-18H2,1-3H3,(H,32,37)(H,33,36). The first-order chi connectivity index (χ1) is 18.8. The van der Waals surface area contributed by atoms with Crippen molar-refractivity contribution >= 4 is 28.8 Å². The van der Waals surface area contributed by atoms with Gasteiger partial charge >= 0.3 is 0 Å². The van der Waals surface area contributed by atoms with Crippen molar-refractivity contribution in [1.29, 1.82) is 0 Å². The molecule has 1 aliphatic rings. The van der Waals surface area contributed by atoms with E-state index in [1.165, 1.54) is 19.2 Å². The van der Waals surface area contributed by atoms with Gasteiger partial charge in [-0.3, -0.25) is 9.59 Å². The molecule has 9 heteroatoms. The van der Waals surface area contributed by atoms with Gasteiger partial charge in [0.25, 0.3) is 11.5 Å². The van der Waals surface area contributed by atoms with E-state index in [1.54, 1.807) is 24.9 Å². The Morgan fingerprint density at radius 3 is 2.56 bits per heavy atom. The van der Waals surface area contributed by atoms with Crippen LogP contribution in [-0.4, -0.2) is 40.0 Å². The molecule has 1 saturated heterocycles. The molecule has 1 aliphatic heterocycles. The lowest BCUT2D eigenvalue weighted by molar-refractivity contribution is 0.0951. The van der Waals surface area contributed by atoms with Crippen LogP contribution in [0.4, 0.5) is 4.39 Å². The summed E-state index contributed by atoms with van der Waals surface area (Å²) in [6, 6.07) is 16.4. The van der Waals surface area contributed by atoms with Crippen molar-refractivity contribution < 1.29 is 13.9 Å². The summed E-state index contributed by atoms with van der Waals surface area (Å²) >= 11 is 1.68. The Bertz CT molecular complexity index is 1540. The summed E-state index contributed by atoms with van der Waals surface area (Å²) < 4.78 is 23.2. The predicted octanol–water partition coefficient (Wildman–Crippen LogP) is 5.44. The summed E-state index contributed by atoms with van der Waals surface area (Å²) in [6.45, 7) is 6.59. The zero-order chi connectivity index (χ0) is 27.5. The summed E-state index contributed by atoms with van der Waals surface area (Å²) in [7, 11) is 1.52. The van der Waals surface area contributed by atoms with Crippen molar-refractivity contribution in [3.05, 3.63) is 93.3 Å². The Labute approximate surface area is 231 Å². The number of para-hydroxylation sites is 1. The fraction of sp³-hybridized carbons (Fsp3) is 0.333. The van der Waals surface area contributed by atoms with E-state index in [1.807, 2.05) is 37.3 Å². The third kappa shape index (κ3) is 5.89. The van der Waals surface area contributed by atoms with E-state index in [-0.39, 0.29) is 23.8 Å². The summed E-state index contributed by atoms with van der Waals surface area (Å²) in [5.41, 5.74) is 3.41. The molecule has 1 amide bonds. The van der Waals surface area contributed by atoms with Crippen molar-refractivity contribution in [2.75, 3.05) is 20.2 Å². The van der Waals surface area contributed by atoms with Crippen LogP contribution in [0.5, 0.6) is 5.75 Å². The molecule has 0 radical (unpaired) electrons. The van der Waals surface area contributed by atoms with Crippen LogP contribution in [0.1, 0.15) is 40.2 Å². The molecule has 0 saturated carbocycles. The Kier molecular flexibility index (Phi) is 8.09. The van der Waals surface area contributed by atoms with E-state index < -0.39 is 0 Å². The molecule has 4 aromatic rings. The molecule has 5 rings (SSSR count). The van der Waals surface area contributed by atoms with Gasteiger partial charge < -0.3 is 19.6 Å². The highest BCUT2D eigenvalue weighted by Gasteiger charge is 2.25. The third-order valence-electron chi connectivity index (χ3n) is 7.40. The Hall–Kier alpha value is -3.56. The predicted molar refractivity (Wildman–Crippen MR) is 153 cm³/mol. The van der Waals surface area contributed by atoms with Crippen molar-refractivity contribution in [3.8, 4) is 5.75 Å². The van der Waals surface area contributed by atoms with E-state index in [0.717, 1.165) is 54.0 Å². The average Bonchev–Trinajstić information content (AvgIpc) is 3.21. The smallest absolute Gasteiger partial charge is 0.256 e. The zero-order valence-electron chi connectivity index (χ0n) is 22.4. The van der Waals surface area contributed by atoms with Gasteiger partial charge in [-0.1, -0.05) is 18.2 Å². The molecule has 7 nitrogen and oxygen atoms in total. The van der Waals surface area contributed by atoms with Gasteiger partial charge in [0.1, 0.15) is 11.6 Å². The quantitative estimate of drug-likeness (QED) is 0.287. The first kappa shape index (κ1) is 27.0. The van der Waals surface area contributed by atoms with Crippen LogP contribution in [-0.2, 0) is 13.1 Å². The molecule has 2 aromatic carbocycles. The number of aromatic nitrogens is 2. The van der Waals surface area contributed by atoms with Crippen LogP contribution in [0.15, 0.2) is 64.3 Å². The summed E-state index contributed by atoms with van der Waals surface area (Å²) in [4.78, 5) is 29.8. The highest BCUT2D eigenvalue weighted by molar-refractivity contribution is 7.97. The summed E-state index contributed by atoms with van der Waals surface area (Å²) in [5.74, 6) is 0.509. The molecule has 0 unspecified atom stereocenters. The minimum Gasteiger partial charge on any atom is -0.496 e. The fourth-order valence-electron chi connectivity index (χ4n) is 5.33. The minimum atomic E-state index is -0.268. The second-order valence-electron chi connectivity index (χ2n) is 10.0. The number of carbonyl (C=O) groups is 1. The Morgan fingerprint density at radius 2 is 1.85 bits per heavy atom. The largest absolute Gasteiger partial charge is 0.496 e. The highest BCUT2D eigenvalue weighted by Crippen LogP contribution is 2.32. The van der Waals surface area contributed by atoms with E-state index in [2.05, 4.69) is 25.2 Å². The minimum absolute atomic E-state index is 0.0702. The maximum atomic E-state index is 13.5. The number of rotatable bonds is 8. The van der Waals surface area contributed by atoms with E-state index in [9.17, 15) is 14.0 Å². The molecule has 2 aromatic heterocycles. The molecule has 1 fully saturated rings. The molecule has 0 bridgehead atoms. The molecule has 0 aliphatic carbocycles. The first-order valence-electron chi connectivity index (χ1n) is 13.2. The highest BCUT2D eigenvalue weighted by atomic mass is 32.2. The molecular formula is C30H33FN4O3S. The number of nitrogens with zero attached hydrogens (tertiary/aromatic N) is 2. The number of ether oxygens (including phenoxy) is 1. The van der Waals surface area contributed by atoms with Gasteiger partial charge in [0.2, 0.25) is 0 Å². The number of benzene rings is 2. The number of halogens is 1. The lowest BCUT2D eigenvalue weighted by Crippen LogP contribution is -2.30. The number of pyridine rings is 1. The number of methoxy groups -OCH3 is 1. The normalized spacial score (nSPS) is 14.6. The maximum absolute atomic E-state index is 13.5. The molecule has 204 valence electrons. The van der Waals surface area contributed by atoms with Crippen LogP contribution in [0, 0.1) is 25.6 Å². The second-order valence-corrected chi connectivity index (χ2v) is 11.2. The number of H-pyrrole nitrogens is 1. The number of piperidine rings is 1. The number of aryl methyl sites for hydroxylation is 1. The van der Waals surface area contributed by atoms with Gasteiger partial charge in [-0.15, -0.1) is 0 Å². The molecule has 0 spiro atoms. The van der Waals surface area contributed by atoms with Crippen LogP contribution in [0.3, 0.4) is 0 Å². The number of hydrogen-bond donors (Lipinski definition) is 2. The number of carbonyl (C=O) groups excluding carboxylic acids is 1. The van der Waals surface area contributed by atoms with Gasteiger partial charge in [-0.25, -0.2) is 8.70 Å². The number of amides is 1. The Morgan fingerprint density at radius 1 is 1.13 bits per heavy atom. The number of hydrogen-bond acceptors (Lipinski definition) is 5. The van der Waals surface area contributed by atoms with Crippen molar-refractivity contribution in [2.45, 2.75) is 44.7 Å². The van der Waals surface area contributed by atoms with Crippen molar-refractivity contribution in [1.82, 2.24) is 19.2 Å². The first-order valence-corrected chi connectivity index (χ1v) is 13.9. The summed E-state index contributed by atoms with van der Waals surface area (Å²) in [5, 5.41) is 3.85. The SMILES string of the molecule is COc1cc(C)[nH]c(=O)c1CNC(=O)c1c(C)n(CC2CCN(Sc3ccc(F)cc3)CC2)c2ccccc12. The van der Waals surface area contributed by atoms with Gasteiger partial charge in [0.05, 0.1) is 24.8 Å². The van der Waals surface area contributed by atoms with Crippen molar-refractivity contribution in [3.63, 3.8) is 0 Å². The number of fused-ring (bicyclic) bond motifs is 1. The van der Waals surface area contributed by atoms with Crippen LogP contribution >= 0.6 is 11.9 Å². The number of nitrogens with one attached hydrogen (secondary N) is 2. The topological polar surface area (TPSA) is 79.4 Å². The zero-order valence-corrected chi connectivity index (χ0v) is 23.2. The van der Waals surface area contributed by atoms with Gasteiger partial charge in [0, 0.05) is 46.8 Å². The van der Waals surface area contributed by atoms with Crippen LogP contribution in [0.25, 0.3) is 10.9 Å². The fourth-order valence-corrected chi connectivity index (χ4v) is 6.28. The molecule has 2 N–H and O–H groups in total. The Balaban J connectivity index is 1.30.